The molecule has 2 heterocycles. The number of ether oxygens (including phenoxy) is 5. The van der Waals surface area contributed by atoms with Gasteiger partial charge in [-0.1, -0.05) is 71.4 Å². The number of rotatable bonds is 34. The summed E-state index contributed by atoms with van der Waals surface area (Å²) >= 11 is 0. The average molecular weight is 1050 g/mol. The van der Waals surface area contributed by atoms with E-state index in [2.05, 4.69) is 15.4 Å². The number of carbonyl (C=O) groups is 7. The molecule has 0 radical (unpaired) electrons. The molecular formula is C51H81N7O14S. The Labute approximate surface area is 431 Å². The van der Waals surface area contributed by atoms with Crippen molar-refractivity contribution in [3.63, 3.8) is 0 Å². The van der Waals surface area contributed by atoms with Crippen LogP contribution in [-0.4, -0.2) is 205 Å². The Hall–Kier alpha value is -4.84. The van der Waals surface area contributed by atoms with Crippen molar-refractivity contribution in [1.82, 2.24) is 35.0 Å². The number of nitrogens with zero attached hydrogens (tertiary/aromatic N) is 4. The number of benzene rings is 1. The minimum atomic E-state index is -3.88. The third-order valence-electron chi connectivity index (χ3n) is 13.9. The minimum Gasteiger partial charge on any atom is -0.379 e. The molecule has 1 aromatic carbocycles. The van der Waals surface area contributed by atoms with E-state index in [9.17, 15) is 42.0 Å². The van der Waals surface area contributed by atoms with Crippen LogP contribution in [0.2, 0.25) is 0 Å². The van der Waals surface area contributed by atoms with Gasteiger partial charge in [0.15, 0.2) is 0 Å². The average Bonchev–Trinajstić information content (AvgIpc) is 4.05. The molecule has 3 aliphatic rings. The van der Waals surface area contributed by atoms with E-state index in [1.54, 1.807) is 48.0 Å². The van der Waals surface area contributed by atoms with Crippen molar-refractivity contribution in [2.24, 2.45) is 17.8 Å². The zero-order valence-electron chi connectivity index (χ0n) is 44.2. The fourth-order valence-electron chi connectivity index (χ4n) is 9.46. The van der Waals surface area contributed by atoms with Crippen molar-refractivity contribution < 1.29 is 65.7 Å². The predicted molar refractivity (Wildman–Crippen MR) is 271 cm³/mol. The van der Waals surface area contributed by atoms with Gasteiger partial charge in [0, 0.05) is 52.9 Å². The molecule has 1 aromatic rings. The molecule has 410 valence electrons. The quantitative estimate of drug-likeness (QED) is 0.0650. The van der Waals surface area contributed by atoms with Gasteiger partial charge in [-0.3, -0.25) is 48.1 Å². The Bertz CT molecular complexity index is 2110. The van der Waals surface area contributed by atoms with E-state index in [0.29, 0.717) is 78.2 Å². The molecule has 7 amide bonds. The van der Waals surface area contributed by atoms with Gasteiger partial charge in [-0.05, 0) is 50.1 Å². The molecule has 73 heavy (non-hydrogen) atoms. The molecule has 1 unspecified atom stereocenters. The molecule has 2 fully saturated rings. The summed E-state index contributed by atoms with van der Waals surface area (Å²) in [5.41, 5.74) is 0.725. The van der Waals surface area contributed by atoms with Crippen LogP contribution in [-0.2, 0) is 73.7 Å². The van der Waals surface area contributed by atoms with Crippen molar-refractivity contribution >= 4 is 51.4 Å². The second-order valence-corrected chi connectivity index (χ2v) is 21.5. The fraction of sp³-hybridized carbons (Fsp3) is 0.706. The molecule has 21 nitrogen and oxygen atoms in total. The molecule has 2 aliphatic heterocycles. The fourth-order valence-corrected chi connectivity index (χ4v) is 10.8. The summed E-state index contributed by atoms with van der Waals surface area (Å²) in [5, 5.41) is 4.98. The van der Waals surface area contributed by atoms with E-state index in [-0.39, 0.29) is 73.9 Å². The molecule has 1 saturated carbocycles. The van der Waals surface area contributed by atoms with Crippen molar-refractivity contribution in [3.05, 3.63) is 48.0 Å². The van der Waals surface area contributed by atoms with E-state index < -0.39 is 69.4 Å². The number of hydrogen-bond acceptors (Lipinski definition) is 15. The van der Waals surface area contributed by atoms with E-state index in [1.165, 1.54) is 26.4 Å². The van der Waals surface area contributed by atoms with E-state index in [4.69, 9.17) is 23.7 Å². The Kier molecular flexibility index (Phi) is 24.9. The first-order valence-corrected chi connectivity index (χ1v) is 27.1. The van der Waals surface area contributed by atoms with Crippen LogP contribution in [0.3, 0.4) is 0 Å². The first-order chi connectivity index (χ1) is 34.8. The largest absolute Gasteiger partial charge is 0.379 e. The third kappa shape index (κ3) is 18.2. The number of imide groups is 1. The van der Waals surface area contributed by atoms with Crippen LogP contribution in [0.5, 0.6) is 0 Å². The molecule has 3 N–H and O–H groups in total. The summed E-state index contributed by atoms with van der Waals surface area (Å²) in [6.45, 7) is 12.0. The van der Waals surface area contributed by atoms with Gasteiger partial charge in [-0.25, -0.2) is 8.42 Å². The number of nitrogens with one attached hydrogen (secondary N) is 3. The number of carbonyl (C=O) groups excluding carboxylic acids is 7. The smallest absolute Gasteiger partial charge is 0.256 e. The van der Waals surface area contributed by atoms with E-state index in [1.807, 2.05) is 45.7 Å². The van der Waals surface area contributed by atoms with Crippen molar-refractivity contribution in [2.75, 3.05) is 94.1 Å². The third-order valence-corrected chi connectivity index (χ3v) is 15.7. The summed E-state index contributed by atoms with van der Waals surface area (Å²) in [6.07, 6.45) is 3.72. The number of likely N-dealkylation sites (N-methyl/N-ethyl adjacent to an activating group) is 2. The van der Waals surface area contributed by atoms with Gasteiger partial charge in [0.1, 0.15) is 6.04 Å². The van der Waals surface area contributed by atoms with Gasteiger partial charge in [0.2, 0.25) is 33.7 Å². The summed E-state index contributed by atoms with van der Waals surface area (Å²) in [5.74, 6) is -4.04. The second-order valence-electron chi connectivity index (χ2n) is 19.5. The highest BCUT2D eigenvalue weighted by Crippen LogP contribution is 2.30. The molecule has 22 heteroatoms. The summed E-state index contributed by atoms with van der Waals surface area (Å²) in [6, 6.07) is 6.16. The maximum Gasteiger partial charge on any atom is 0.256 e. The van der Waals surface area contributed by atoms with Gasteiger partial charge in [-0.15, -0.1) is 0 Å². The zero-order valence-corrected chi connectivity index (χ0v) is 45.1. The van der Waals surface area contributed by atoms with Crippen LogP contribution in [0.4, 0.5) is 0 Å². The number of hydrogen-bond donors (Lipinski definition) is 3. The van der Waals surface area contributed by atoms with Gasteiger partial charge >= 0.3 is 0 Å². The molecule has 0 aromatic heterocycles. The first kappa shape index (κ1) is 60.7. The normalized spacial score (nSPS) is 18.9. The Morgan fingerprint density at radius 3 is 2.00 bits per heavy atom. The van der Waals surface area contributed by atoms with Crippen LogP contribution in [0.1, 0.15) is 78.7 Å². The van der Waals surface area contributed by atoms with Crippen molar-refractivity contribution in [2.45, 2.75) is 121 Å². The summed E-state index contributed by atoms with van der Waals surface area (Å²) < 4.78 is 56.3. The van der Waals surface area contributed by atoms with Crippen LogP contribution in [0, 0.1) is 17.8 Å². The van der Waals surface area contributed by atoms with Crippen molar-refractivity contribution in [1.29, 1.82) is 0 Å². The van der Waals surface area contributed by atoms with Crippen LogP contribution < -0.4 is 15.4 Å². The Balaban J connectivity index is 1.28. The number of amides is 7. The second kappa shape index (κ2) is 29.9. The molecule has 4 rings (SSSR count). The van der Waals surface area contributed by atoms with Crippen LogP contribution >= 0.6 is 0 Å². The minimum absolute atomic E-state index is 0.0535. The Morgan fingerprint density at radius 2 is 1.42 bits per heavy atom. The maximum atomic E-state index is 14.3. The summed E-state index contributed by atoms with van der Waals surface area (Å²) in [4.78, 5) is 98.7. The molecule has 0 spiro atoms. The number of sulfonamides is 1. The SMILES string of the molecule is CC[C@H](C)[C@@H]([C@@H](CC(=O)N1CCC[C@H]1[C@H](OC)[C@@H](C)C(=O)N[C@@H](Cc1ccccc1)C(=O)NS(=O)(=O)C1CC1)OC)N(C)C(=O)CNC(=O)C(C(C)C)N(C)CCOCCOCCOCCN1C(=O)C=CC1=O. The first-order valence-electron chi connectivity index (χ1n) is 25.5. The summed E-state index contributed by atoms with van der Waals surface area (Å²) in [7, 11) is 2.55. The highest BCUT2D eigenvalue weighted by molar-refractivity contribution is 7.90. The monoisotopic (exact) mass is 1050 g/mol. The molecule has 8 atom stereocenters. The Morgan fingerprint density at radius 1 is 0.808 bits per heavy atom. The highest BCUT2D eigenvalue weighted by atomic mass is 32.2. The zero-order chi connectivity index (χ0) is 53.8. The lowest BCUT2D eigenvalue weighted by molar-refractivity contribution is -0.146. The topological polar surface area (TPSA) is 249 Å². The number of methoxy groups -OCH3 is 2. The molecule has 1 saturated heterocycles. The molecular weight excluding hydrogens is 967 g/mol. The molecule has 0 bridgehead atoms. The van der Waals surface area contributed by atoms with E-state index in [0.717, 1.165) is 10.5 Å². The lowest BCUT2D eigenvalue weighted by Crippen LogP contribution is -2.56. The highest BCUT2D eigenvalue weighted by Gasteiger charge is 2.43. The lowest BCUT2D eigenvalue weighted by atomic mass is 9.90. The van der Waals surface area contributed by atoms with Gasteiger partial charge in [0.05, 0.1) is 101 Å². The predicted octanol–water partition coefficient (Wildman–Crippen LogP) is 1.29. The number of likely N-dealkylation sites (tertiary alicyclic amines) is 1. The maximum absolute atomic E-state index is 14.3. The van der Waals surface area contributed by atoms with Crippen LogP contribution in [0.25, 0.3) is 0 Å². The lowest BCUT2D eigenvalue weighted by Gasteiger charge is -2.39. The standard InChI is InChI=1S/C51H81N7O14S/c1-10-35(4)47(56(7)45(62)33-52-51(65)46(34(2)3)55(6)23-25-70-27-29-72-30-28-71-26-24-58-42(59)20-21-43(58)60)41(68-8)32-44(61)57-22-14-17-40(57)48(69-9)36(5)49(63)53-39(31-37-15-12-11-13-16-37)50(64)54-73(66,67)38-18-19-38/h11-13,15-16,20-21,34-36,38-41,46-48H,10,14,17-19,22-33H2,1-9H3,(H,52,65)(H,53,63)(H,54,64)/t35-,36+,39-,40-,41+,46?,47-,48+/m0/s1. The van der Waals surface area contributed by atoms with Crippen LogP contribution in [0.15, 0.2) is 42.5 Å². The molecule has 1 aliphatic carbocycles. The van der Waals surface area contributed by atoms with E-state index >= 15 is 0 Å². The van der Waals surface area contributed by atoms with Crippen molar-refractivity contribution in [3.8, 4) is 0 Å². The van der Waals surface area contributed by atoms with Gasteiger partial charge in [-0.2, -0.15) is 0 Å². The van der Waals surface area contributed by atoms with Gasteiger partial charge in [0.25, 0.3) is 17.7 Å². The van der Waals surface area contributed by atoms with Gasteiger partial charge < -0.3 is 44.1 Å².